The van der Waals surface area contributed by atoms with Crippen molar-refractivity contribution in [2.24, 2.45) is 11.7 Å². The van der Waals surface area contributed by atoms with Crippen molar-refractivity contribution >= 4 is 23.3 Å². The number of piperidine rings is 1. The lowest BCUT2D eigenvalue weighted by molar-refractivity contribution is -0.122. The van der Waals surface area contributed by atoms with E-state index in [9.17, 15) is 9.59 Å². The Morgan fingerprint density at radius 3 is 2.37 bits per heavy atom. The summed E-state index contributed by atoms with van der Waals surface area (Å²) in [4.78, 5) is 30.6. The van der Waals surface area contributed by atoms with Crippen molar-refractivity contribution in [1.29, 1.82) is 0 Å². The van der Waals surface area contributed by atoms with Gasteiger partial charge in [-0.05, 0) is 48.2 Å². The third-order valence-corrected chi connectivity index (χ3v) is 5.41. The molecule has 1 aromatic heterocycles. The summed E-state index contributed by atoms with van der Waals surface area (Å²) >= 11 is 0. The van der Waals surface area contributed by atoms with E-state index in [1.807, 2.05) is 66.7 Å². The summed E-state index contributed by atoms with van der Waals surface area (Å²) in [7, 11) is 0. The van der Waals surface area contributed by atoms with Crippen molar-refractivity contribution in [3.63, 3.8) is 0 Å². The van der Waals surface area contributed by atoms with Crippen LogP contribution in [0.25, 0.3) is 11.1 Å². The van der Waals surface area contributed by atoms with Crippen molar-refractivity contribution in [3.05, 3.63) is 78.5 Å². The van der Waals surface area contributed by atoms with E-state index in [0.717, 1.165) is 36.3 Å². The topological polar surface area (TPSA) is 88.3 Å². The predicted molar refractivity (Wildman–Crippen MR) is 118 cm³/mol. The van der Waals surface area contributed by atoms with Gasteiger partial charge in [0.25, 0.3) is 5.91 Å². The number of aromatic nitrogens is 1. The molecule has 2 heterocycles. The normalized spacial score (nSPS) is 16.1. The number of benzene rings is 2. The molecule has 1 saturated heterocycles. The van der Waals surface area contributed by atoms with Crippen LogP contribution in [0.15, 0.2) is 72.9 Å². The highest BCUT2D eigenvalue weighted by Crippen LogP contribution is 2.23. The van der Waals surface area contributed by atoms with Crippen molar-refractivity contribution in [2.45, 2.75) is 12.8 Å². The molecule has 4 rings (SSSR count). The summed E-state index contributed by atoms with van der Waals surface area (Å²) in [6.07, 6.45) is 3.37. The molecule has 0 spiro atoms. The number of nitrogens with one attached hydrogen (secondary N) is 1. The van der Waals surface area contributed by atoms with Gasteiger partial charge in [-0.2, -0.15) is 0 Å². The summed E-state index contributed by atoms with van der Waals surface area (Å²) < 4.78 is 0. The lowest BCUT2D eigenvalue weighted by Gasteiger charge is -2.32. The van der Waals surface area contributed by atoms with Gasteiger partial charge in [-0.25, -0.2) is 4.98 Å². The predicted octanol–water partition coefficient (Wildman–Crippen LogP) is 3.70. The molecule has 1 fully saturated rings. The second-order valence-corrected chi connectivity index (χ2v) is 7.49. The number of hydrogen-bond donors (Lipinski definition) is 2. The fourth-order valence-corrected chi connectivity index (χ4v) is 3.71. The number of primary amides is 1. The molecule has 152 valence electrons. The summed E-state index contributed by atoms with van der Waals surface area (Å²) in [5.74, 6) is 0.197. The van der Waals surface area contributed by atoms with E-state index in [0.29, 0.717) is 17.8 Å². The molecule has 2 aromatic carbocycles. The number of rotatable bonds is 5. The van der Waals surface area contributed by atoms with Crippen LogP contribution in [-0.4, -0.2) is 29.9 Å². The monoisotopic (exact) mass is 400 g/mol. The highest BCUT2D eigenvalue weighted by atomic mass is 16.2. The van der Waals surface area contributed by atoms with Crippen LogP contribution in [0.1, 0.15) is 23.2 Å². The third kappa shape index (κ3) is 4.49. The third-order valence-electron chi connectivity index (χ3n) is 5.41. The molecule has 30 heavy (non-hydrogen) atoms. The minimum atomic E-state index is -0.262. The van der Waals surface area contributed by atoms with Gasteiger partial charge in [0.1, 0.15) is 5.82 Å². The van der Waals surface area contributed by atoms with E-state index >= 15 is 0 Å². The van der Waals surface area contributed by atoms with Crippen LogP contribution in [0, 0.1) is 5.92 Å². The van der Waals surface area contributed by atoms with Gasteiger partial charge in [-0.15, -0.1) is 0 Å². The number of carbonyl (C=O) groups is 2. The first-order valence-corrected chi connectivity index (χ1v) is 10.1. The minimum absolute atomic E-state index is 0.140. The number of pyridine rings is 1. The Labute approximate surface area is 175 Å². The maximum atomic E-state index is 12.6. The molecule has 0 radical (unpaired) electrons. The Kier molecular flexibility index (Phi) is 5.75. The van der Waals surface area contributed by atoms with Crippen LogP contribution >= 0.6 is 0 Å². The average molecular weight is 400 g/mol. The van der Waals surface area contributed by atoms with Gasteiger partial charge in [0.2, 0.25) is 5.91 Å². The lowest BCUT2D eigenvalue weighted by atomic mass is 9.97. The first kappa shape index (κ1) is 19.6. The summed E-state index contributed by atoms with van der Waals surface area (Å²) in [6, 6.07) is 21.2. The molecule has 3 N–H and O–H groups in total. The van der Waals surface area contributed by atoms with E-state index in [-0.39, 0.29) is 17.7 Å². The number of carbonyl (C=O) groups excluding carboxylic acids is 2. The highest BCUT2D eigenvalue weighted by Gasteiger charge is 2.24. The largest absolute Gasteiger partial charge is 0.369 e. The fraction of sp³-hybridized carbons (Fsp3) is 0.208. The fourth-order valence-electron chi connectivity index (χ4n) is 3.71. The van der Waals surface area contributed by atoms with Crippen LogP contribution in [0.3, 0.4) is 0 Å². The SMILES string of the molecule is NC(=O)C1CCCN(c2ccc(NC(=O)c3ccc(-c4ccccc4)cc3)cn2)C1. The van der Waals surface area contributed by atoms with E-state index in [4.69, 9.17) is 5.73 Å². The summed E-state index contributed by atoms with van der Waals surface area (Å²) in [6.45, 7) is 1.43. The first-order valence-electron chi connectivity index (χ1n) is 10.1. The molecule has 1 aliphatic rings. The second kappa shape index (κ2) is 8.78. The Hall–Kier alpha value is -3.67. The number of amides is 2. The second-order valence-electron chi connectivity index (χ2n) is 7.49. The average Bonchev–Trinajstić information content (AvgIpc) is 2.80. The van der Waals surface area contributed by atoms with Crippen molar-refractivity contribution < 1.29 is 9.59 Å². The molecular formula is C24H24N4O2. The van der Waals surface area contributed by atoms with Gasteiger partial charge in [0.05, 0.1) is 17.8 Å². The van der Waals surface area contributed by atoms with Gasteiger partial charge in [-0.3, -0.25) is 9.59 Å². The van der Waals surface area contributed by atoms with Gasteiger partial charge in [0, 0.05) is 18.7 Å². The molecular weight excluding hydrogens is 376 g/mol. The van der Waals surface area contributed by atoms with Gasteiger partial charge in [0.15, 0.2) is 0 Å². The number of anilines is 2. The molecule has 0 aliphatic carbocycles. The molecule has 6 nitrogen and oxygen atoms in total. The van der Waals surface area contributed by atoms with Crippen molar-refractivity contribution in [3.8, 4) is 11.1 Å². The molecule has 1 atom stereocenters. The van der Waals surface area contributed by atoms with Gasteiger partial charge >= 0.3 is 0 Å². The summed E-state index contributed by atoms with van der Waals surface area (Å²) in [5.41, 5.74) is 8.83. The molecule has 6 heteroatoms. The van der Waals surface area contributed by atoms with E-state index in [2.05, 4.69) is 15.2 Å². The molecule has 1 unspecified atom stereocenters. The standard InChI is InChI=1S/C24H24N4O2/c25-23(29)20-7-4-14-28(16-20)22-13-12-21(15-26-22)27-24(30)19-10-8-18(9-11-19)17-5-2-1-3-6-17/h1-3,5-6,8-13,15,20H,4,7,14,16H2,(H2,25,29)(H,27,30). The molecule has 2 amide bonds. The smallest absolute Gasteiger partial charge is 0.255 e. The Bertz CT molecular complexity index is 1020. The Morgan fingerprint density at radius 2 is 1.70 bits per heavy atom. The number of nitrogens with two attached hydrogens (primary N) is 1. The Balaban J connectivity index is 1.39. The summed E-state index contributed by atoms with van der Waals surface area (Å²) in [5, 5.41) is 2.88. The Morgan fingerprint density at radius 1 is 0.967 bits per heavy atom. The highest BCUT2D eigenvalue weighted by molar-refractivity contribution is 6.04. The maximum Gasteiger partial charge on any atom is 0.255 e. The van der Waals surface area contributed by atoms with Crippen molar-refractivity contribution in [2.75, 3.05) is 23.3 Å². The zero-order valence-corrected chi connectivity index (χ0v) is 16.6. The number of nitrogens with zero attached hydrogens (tertiary/aromatic N) is 2. The van der Waals surface area contributed by atoms with Crippen molar-refractivity contribution in [1.82, 2.24) is 4.98 Å². The maximum absolute atomic E-state index is 12.6. The van der Waals surface area contributed by atoms with Crippen LogP contribution < -0.4 is 16.0 Å². The lowest BCUT2D eigenvalue weighted by Crippen LogP contribution is -2.41. The van der Waals surface area contributed by atoms with Crippen LogP contribution in [0.4, 0.5) is 11.5 Å². The zero-order chi connectivity index (χ0) is 20.9. The zero-order valence-electron chi connectivity index (χ0n) is 16.6. The molecule has 0 bridgehead atoms. The van der Waals surface area contributed by atoms with Gasteiger partial charge < -0.3 is 16.0 Å². The van der Waals surface area contributed by atoms with Crippen LogP contribution in [0.2, 0.25) is 0 Å². The van der Waals surface area contributed by atoms with Gasteiger partial charge in [-0.1, -0.05) is 42.5 Å². The van der Waals surface area contributed by atoms with E-state index in [1.54, 1.807) is 6.20 Å². The minimum Gasteiger partial charge on any atom is -0.369 e. The van der Waals surface area contributed by atoms with E-state index in [1.165, 1.54) is 0 Å². The van der Waals surface area contributed by atoms with Crippen LogP contribution in [-0.2, 0) is 4.79 Å². The van der Waals surface area contributed by atoms with Crippen LogP contribution in [0.5, 0.6) is 0 Å². The quantitative estimate of drug-likeness (QED) is 0.683. The molecule has 0 saturated carbocycles. The van der Waals surface area contributed by atoms with E-state index < -0.39 is 0 Å². The molecule has 3 aromatic rings. The first-order chi connectivity index (χ1) is 14.6. The molecule has 1 aliphatic heterocycles. The number of hydrogen-bond acceptors (Lipinski definition) is 4.